The zero-order chi connectivity index (χ0) is 18.8. The number of hydrogen-bond donors (Lipinski definition) is 1. The lowest BCUT2D eigenvalue weighted by Crippen LogP contribution is -2.33. The Hall–Kier alpha value is -2.14. The number of benzene rings is 3. The molecule has 5 heteroatoms. The molecule has 0 saturated carbocycles. The van der Waals surface area contributed by atoms with E-state index in [0.717, 1.165) is 26.9 Å². The molecule has 3 nitrogen and oxygen atoms in total. The SMILES string of the molecule is O=C1CN(Cc2ccccc2)[C@H](c2ccccc2Cl)c2cc(Br)ccc2N1. The molecule has 3 aromatic rings. The molecule has 0 bridgehead atoms. The van der Waals surface area contributed by atoms with Gasteiger partial charge in [0.1, 0.15) is 0 Å². The van der Waals surface area contributed by atoms with Crippen LogP contribution in [0.3, 0.4) is 0 Å². The standard InChI is InChI=1S/C22H18BrClN2O/c23-16-10-11-20-18(12-16)22(17-8-4-5-9-19(17)24)26(14-21(27)25-20)13-15-6-2-1-3-7-15/h1-12,22H,13-14H2,(H,25,27)/t22-/m1/s1. The number of carbonyl (C=O) groups excluding carboxylic acids is 1. The summed E-state index contributed by atoms with van der Waals surface area (Å²) in [6, 6.07) is 23.8. The highest BCUT2D eigenvalue weighted by Gasteiger charge is 2.31. The van der Waals surface area contributed by atoms with Crippen molar-refractivity contribution in [1.29, 1.82) is 0 Å². The summed E-state index contributed by atoms with van der Waals surface area (Å²) in [5.74, 6) is -0.0240. The highest BCUT2D eigenvalue weighted by Crippen LogP contribution is 2.40. The molecule has 136 valence electrons. The first kappa shape index (κ1) is 18.2. The average molecular weight is 442 g/mol. The second-order valence-corrected chi connectivity index (χ2v) is 7.92. The van der Waals surface area contributed by atoms with E-state index < -0.39 is 0 Å². The van der Waals surface area contributed by atoms with Crippen molar-refractivity contribution in [1.82, 2.24) is 4.90 Å². The molecule has 1 atom stereocenters. The molecule has 27 heavy (non-hydrogen) atoms. The summed E-state index contributed by atoms with van der Waals surface area (Å²) in [5.41, 5.74) is 4.00. The van der Waals surface area contributed by atoms with Crippen molar-refractivity contribution in [3.05, 3.63) is 99.0 Å². The van der Waals surface area contributed by atoms with Crippen LogP contribution in [-0.4, -0.2) is 17.4 Å². The second kappa shape index (κ2) is 7.85. The molecule has 1 amide bonds. The van der Waals surface area contributed by atoms with Crippen molar-refractivity contribution in [3.63, 3.8) is 0 Å². The molecule has 1 aliphatic heterocycles. The average Bonchev–Trinajstić information content (AvgIpc) is 2.78. The largest absolute Gasteiger partial charge is 0.325 e. The second-order valence-electron chi connectivity index (χ2n) is 6.59. The number of nitrogens with one attached hydrogen (secondary N) is 1. The van der Waals surface area contributed by atoms with Crippen LogP contribution in [0.5, 0.6) is 0 Å². The molecule has 3 aromatic carbocycles. The quantitative estimate of drug-likeness (QED) is 0.570. The van der Waals surface area contributed by atoms with Crippen molar-refractivity contribution in [3.8, 4) is 0 Å². The fourth-order valence-corrected chi connectivity index (χ4v) is 4.18. The third-order valence-corrected chi connectivity index (χ3v) is 5.56. The molecule has 0 unspecified atom stereocenters. The number of halogens is 2. The van der Waals surface area contributed by atoms with Gasteiger partial charge in [0, 0.05) is 21.7 Å². The summed E-state index contributed by atoms with van der Waals surface area (Å²) in [6.45, 7) is 0.938. The van der Waals surface area contributed by atoms with Gasteiger partial charge in [-0.1, -0.05) is 76.1 Å². The number of rotatable bonds is 3. The number of amides is 1. The van der Waals surface area contributed by atoms with E-state index in [0.29, 0.717) is 11.6 Å². The zero-order valence-electron chi connectivity index (χ0n) is 14.5. The highest BCUT2D eigenvalue weighted by molar-refractivity contribution is 9.10. The van der Waals surface area contributed by atoms with Crippen LogP contribution in [0.1, 0.15) is 22.7 Å². The smallest absolute Gasteiger partial charge is 0.238 e. The molecule has 1 heterocycles. The maximum absolute atomic E-state index is 12.6. The predicted molar refractivity (Wildman–Crippen MR) is 113 cm³/mol. The van der Waals surface area contributed by atoms with Gasteiger partial charge in [0.25, 0.3) is 0 Å². The number of nitrogens with zero attached hydrogens (tertiary/aromatic N) is 1. The molecule has 4 rings (SSSR count). The van der Waals surface area contributed by atoms with Gasteiger partial charge in [-0.3, -0.25) is 9.69 Å². The van der Waals surface area contributed by atoms with Crippen LogP contribution in [0.25, 0.3) is 0 Å². The fourth-order valence-electron chi connectivity index (χ4n) is 3.56. The van der Waals surface area contributed by atoms with Crippen molar-refractivity contribution < 1.29 is 4.79 Å². The molecular weight excluding hydrogens is 424 g/mol. The van der Waals surface area contributed by atoms with Crippen molar-refractivity contribution in [2.75, 3.05) is 11.9 Å². The maximum atomic E-state index is 12.6. The molecule has 0 aromatic heterocycles. The van der Waals surface area contributed by atoms with Gasteiger partial charge in [-0.15, -0.1) is 0 Å². The minimum Gasteiger partial charge on any atom is -0.325 e. The molecular formula is C22H18BrClN2O. The number of carbonyl (C=O) groups is 1. The summed E-state index contributed by atoms with van der Waals surface area (Å²) in [4.78, 5) is 14.8. The van der Waals surface area contributed by atoms with Crippen LogP contribution in [0.4, 0.5) is 5.69 Å². The first-order valence-electron chi connectivity index (χ1n) is 8.73. The molecule has 0 aliphatic carbocycles. The van der Waals surface area contributed by atoms with Gasteiger partial charge < -0.3 is 5.32 Å². The van der Waals surface area contributed by atoms with Crippen LogP contribution >= 0.6 is 27.5 Å². The van der Waals surface area contributed by atoms with E-state index in [1.54, 1.807) is 0 Å². The molecule has 0 radical (unpaired) electrons. The Balaban J connectivity index is 1.87. The third kappa shape index (κ3) is 3.93. The molecule has 0 fully saturated rings. The Morgan fingerprint density at radius 1 is 1.00 bits per heavy atom. The van der Waals surface area contributed by atoms with Crippen LogP contribution < -0.4 is 5.32 Å². The summed E-state index contributed by atoms with van der Waals surface area (Å²) in [5, 5.41) is 3.74. The van der Waals surface area contributed by atoms with Crippen LogP contribution in [0.2, 0.25) is 5.02 Å². The summed E-state index contributed by atoms with van der Waals surface area (Å²) in [6.07, 6.45) is 0. The van der Waals surface area contributed by atoms with E-state index in [-0.39, 0.29) is 18.5 Å². The number of fused-ring (bicyclic) bond motifs is 1. The topological polar surface area (TPSA) is 32.3 Å². The summed E-state index contributed by atoms with van der Waals surface area (Å²) in [7, 11) is 0. The first-order chi connectivity index (χ1) is 13.1. The van der Waals surface area contributed by atoms with E-state index in [4.69, 9.17) is 11.6 Å². The van der Waals surface area contributed by atoms with Gasteiger partial charge in [0.2, 0.25) is 5.91 Å². The maximum Gasteiger partial charge on any atom is 0.238 e. The van der Waals surface area contributed by atoms with Crippen molar-refractivity contribution >= 4 is 39.1 Å². The van der Waals surface area contributed by atoms with Gasteiger partial charge in [-0.2, -0.15) is 0 Å². The summed E-state index contributed by atoms with van der Waals surface area (Å²) >= 11 is 10.2. The Kier molecular flexibility index (Phi) is 5.30. The van der Waals surface area contributed by atoms with Gasteiger partial charge in [0.15, 0.2) is 0 Å². The molecule has 0 saturated heterocycles. The van der Waals surface area contributed by atoms with Crippen LogP contribution in [-0.2, 0) is 11.3 Å². The van der Waals surface area contributed by atoms with Crippen molar-refractivity contribution in [2.24, 2.45) is 0 Å². The first-order valence-corrected chi connectivity index (χ1v) is 9.90. The molecule has 1 N–H and O–H groups in total. The minimum absolute atomic E-state index is 0.0240. The third-order valence-electron chi connectivity index (χ3n) is 4.72. The molecule has 1 aliphatic rings. The lowest BCUT2D eigenvalue weighted by atomic mass is 9.95. The Morgan fingerprint density at radius 3 is 2.52 bits per heavy atom. The Labute approximate surface area is 172 Å². The van der Waals surface area contributed by atoms with E-state index >= 15 is 0 Å². The Bertz CT molecular complexity index is 977. The van der Waals surface area contributed by atoms with Gasteiger partial charge in [0.05, 0.1) is 12.6 Å². The van der Waals surface area contributed by atoms with Crippen LogP contribution in [0.15, 0.2) is 77.3 Å². The lowest BCUT2D eigenvalue weighted by Gasteiger charge is -2.31. The lowest BCUT2D eigenvalue weighted by molar-refractivity contribution is -0.117. The zero-order valence-corrected chi connectivity index (χ0v) is 16.9. The van der Waals surface area contributed by atoms with Crippen LogP contribution in [0, 0.1) is 0 Å². The monoisotopic (exact) mass is 440 g/mol. The highest BCUT2D eigenvalue weighted by atomic mass is 79.9. The normalized spacial score (nSPS) is 17.1. The van der Waals surface area contributed by atoms with E-state index in [9.17, 15) is 4.79 Å². The van der Waals surface area contributed by atoms with Gasteiger partial charge in [-0.25, -0.2) is 0 Å². The van der Waals surface area contributed by atoms with Gasteiger partial charge in [-0.05, 0) is 41.0 Å². The van der Waals surface area contributed by atoms with Gasteiger partial charge >= 0.3 is 0 Å². The van der Waals surface area contributed by atoms with E-state index in [1.807, 2.05) is 54.6 Å². The molecule has 0 spiro atoms. The predicted octanol–water partition coefficient (Wildman–Crippen LogP) is 5.65. The Morgan fingerprint density at radius 2 is 1.74 bits per heavy atom. The number of anilines is 1. The minimum atomic E-state index is -0.134. The van der Waals surface area contributed by atoms with Crippen molar-refractivity contribution in [2.45, 2.75) is 12.6 Å². The fraction of sp³-hybridized carbons (Fsp3) is 0.136. The van der Waals surface area contributed by atoms with E-state index in [1.165, 1.54) is 0 Å². The van der Waals surface area contributed by atoms with E-state index in [2.05, 4.69) is 44.3 Å². The number of hydrogen-bond acceptors (Lipinski definition) is 2. The summed E-state index contributed by atoms with van der Waals surface area (Å²) < 4.78 is 0.967.